The van der Waals surface area contributed by atoms with Gasteiger partial charge in [0.2, 0.25) is 0 Å². The predicted molar refractivity (Wildman–Crippen MR) is 74.8 cm³/mol. The molecule has 1 unspecified atom stereocenters. The van der Waals surface area contributed by atoms with Crippen molar-refractivity contribution in [2.45, 2.75) is 49.8 Å². The van der Waals surface area contributed by atoms with Crippen LogP contribution in [0.1, 0.15) is 38.5 Å². The molecule has 3 N–H and O–H groups in total. The molecular formula is C13H24N2O2S. The third-order valence-corrected chi connectivity index (χ3v) is 5.35. The zero-order valence-electron chi connectivity index (χ0n) is 10.9. The molecular weight excluding hydrogens is 248 g/mol. The van der Waals surface area contributed by atoms with Crippen molar-refractivity contribution in [1.82, 2.24) is 10.6 Å². The zero-order valence-corrected chi connectivity index (χ0v) is 11.7. The van der Waals surface area contributed by atoms with Crippen LogP contribution < -0.4 is 10.6 Å². The van der Waals surface area contributed by atoms with Gasteiger partial charge >= 0.3 is 6.03 Å². The summed E-state index contributed by atoms with van der Waals surface area (Å²) in [5, 5.41) is 15.7. The Morgan fingerprint density at radius 2 is 2.00 bits per heavy atom. The smallest absolute Gasteiger partial charge is 0.315 e. The highest BCUT2D eigenvalue weighted by Gasteiger charge is 2.22. The van der Waals surface area contributed by atoms with E-state index in [2.05, 4.69) is 10.6 Å². The molecule has 0 aromatic heterocycles. The maximum Gasteiger partial charge on any atom is 0.315 e. The van der Waals surface area contributed by atoms with E-state index in [1.165, 1.54) is 18.6 Å². The van der Waals surface area contributed by atoms with Gasteiger partial charge in [-0.25, -0.2) is 4.79 Å². The number of urea groups is 1. The molecule has 104 valence electrons. The van der Waals surface area contributed by atoms with Gasteiger partial charge < -0.3 is 15.7 Å². The molecule has 1 saturated carbocycles. The van der Waals surface area contributed by atoms with Crippen molar-refractivity contribution in [2.24, 2.45) is 5.92 Å². The van der Waals surface area contributed by atoms with E-state index >= 15 is 0 Å². The van der Waals surface area contributed by atoms with Crippen molar-refractivity contribution < 1.29 is 9.90 Å². The van der Waals surface area contributed by atoms with E-state index < -0.39 is 0 Å². The number of amides is 2. The van der Waals surface area contributed by atoms with Crippen LogP contribution in [0, 0.1) is 5.92 Å². The second-order valence-corrected chi connectivity index (χ2v) is 6.80. The van der Waals surface area contributed by atoms with Gasteiger partial charge in [-0.15, -0.1) is 0 Å². The minimum atomic E-state index is -0.0186. The van der Waals surface area contributed by atoms with Gasteiger partial charge in [-0.2, -0.15) is 11.8 Å². The van der Waals surface area contributed by atoms with Crippen molar-refractivity contribution in [2.75, 3.05) is 18.9 Å². The quantitative estimate of drug-likeness (QED) is 0.730. The Bertz CT molecular complexity index is 262. The third kappa shape index (κ3) is 4.35. The fourth-order valence-electron chi connectivity index (χ4n) is 2.74. The molecule has 1 aliphatic heterocycles. The third-order valence-electron chi connectivity index (χ3n) is 3.95. The molecule has 4 nitrogen and oxygen atoms in total. The van der Waals surface area contributed by atoms with E-state index in [9.17, 15) is 4.79 Å². The molecule has 1 saturated heterocycles. The normalized spacial score (nSPS) is 32.2. The minimum Gasteiger partial charge on any atom is -0.396 e. The van der Waals surface area contributed by atoms with Crippen LogP contribution in [-0.4, -0.2) is 41.3 Å². The van der Waals surface area contributed by atoms with E-state index in [1.54, 1.807) is 0 Å². The average molecular weight is 272 g/mol. The van der Waals surface area contributed by atoms with Crippen LogP contribution in [0.4, 0.5) is 4.79 Å². The summed E-state index contributed by atoms with van der Waals surface area (Å²) >= 11 is 1.96. The van der Waals surface area contributed by atoms with Gasteiger partial charge in [0.05, 0.1) is 0 Å². The average Bonchev–Trinajstić information content (AvgIpc) is 2.90. The van der Waals surface area contributed by atoms with Gasteiger partial charge in [-0.3, -0.25) is 0 Å². The molecule has 0 radical (unpaired) electrons. The summed E-state index contributed by atoms with van der Waals surface area (Å²) in [6.07, 6.45) is 6.56. The maximum absolute atomic E-state index is 11.7. The Kier molecular flexibility index (Phi) is 5.63. The Labute approximate surface area is 113 Å². The summed E-state index contributed by atoms with van der Waals surface area (Å²) in [6, 6.07) is 0.277. The number of hydrogen-bond acceptors (Lipinski definition) is 3. The number of carbonyl (C=O) groups is 1. The lowest BCUT2D eigenvalue weighted by atomic mass is 9.87. The largest absolute Gasteiger partial charge is 0.396 e. The Balaban J connectivity index is 1.59. The fourth-order valence-corrected chi connectivity index (χ4v) is 3.94. The Morgan fingerprint density at radius 3 is 2.61 bits per heavy atom. The van der Waals surface area contributed by atoms with Crippen LogP contribution in [0.3, 0.4) is 0 Å². The first-order valence-electron chi connectivity index (χ1n) is 7.04. The number of aliphatic hydroxyl groups excluding tert-OH is 1. The molecule has 0 spiro atoms. The number of thioether (sulfide) groups is 1. The van der Waals surface area contributed by atoms with Crippen molar-refractivity contribution in [3.63, 3.8) is 0 Å². The first kappa shape index (κ1) is 14.0. The lowest BCUT2D eigenvalue weighted by molar-refractivity contribution is 0.174. The van der Waals surface area contributed by atoms with E-state index in [-0.39, 0.29) is 12.6 Å². The summed E-state index contributed by atoms with van der Waals surface area (Å²) in [7, 11) is 0. The van der Waals surface area contributed by atoms with Crippen LogP contribution in [-0.2, 0) is 0 Å². The molecule has 18 heavy (non-hydrogen) atoms. The van der Waals surface area contributed by atoms with Crippen LogP contribution in [0.5, 0.6) is 0 Å². The number of nitrogens with one attached hydrogen (secondary N) is 2. The summed E-state index contributed by atoms with van der Waals surface area (Å²) in [5.41, 5.74) is 0. The standard InChI is InChI=1S/C13H24N2O2S/c16-9-10-3-5-11(6-4-10)15-13(17)14-8-12-2-1-7-18-12/h10-12,16H,1-9H2,(H2,14,15,17). The molecule has 2 rings (SSSR count). The number of carbonyl (C=O) groups excluding carboxylic acids is 1. The van der Waals surface area contributed by atoms with Crippen LogP contribution >= 0.6 is 11.8 Å². The predicted octanol–water partition coefficient (Wildman–Crippen LogP) is 1.73. The molecule has 1 heterocycles. The highest BCUT2D eigenvalue weighted by molar-refractivity contribution is 8.00. The summed E-state index contributed by atoms with van der Waals surface area (Å²) < 4.78 is 0. The first-order valence-corrected chi connectivity index (χ1v) is 8.09. The molecule has 1 atom stereocenters. The topological polar surface area (TPSA) is 61.4 Å². The zero-order chi connectivity index (χ0) is 12.8. The molecule has 2 fully saturated rings. The second kappa shape index (κ2) is 7.24. The summed E-state index contributed by atoms with van der Waals surface area (Å²) in [6.45, 7) is 1.08. The van der Waals surface area contributed by atoms with Gasteiger partial charge in [0.25, 0.3) is 0 Å². The SMILES string of the molecule is O=C(NCC1CCCS1)NC1CCC(CO)CC1. The van der Waals surface area contributed by atoms with Crippen molar-refractivity contribution >= 4 is 17.8 Å². The van der Waals surface area contributed by atoms with E-state index in [1.807, 2.05) is 11.8 Å². The Hall–Kier alpha value is -0.420. The molecule has 1 aliphatic carbocycles. The second-order valence-electron chi connectivity index (χ2n) is 5.39. The molecule has 0 aromatic rings. The fraction of sp³-hybridized carbons (Fsp3) is 0.923. The number of rotatable bonds is 4. The molecule has 2 amide bonds. The molecule has 2 aliphatic rings. The monoisotopic (exact) mass is 272 g/mol. The highest BCUT2D eigenvalue weighted by Crippen LogP contribution is 2.25. The molecule has 0 aromatic carbocycles. The van der Waals surface area contributed by atoms with Crippen molar-refractivity contribution in [3.8, 4) is 0 Å². The van der Waals surface area contributed by atoms with Crippen molar-refractivity contribution in [3.05, 3.63) is 0 Å². The first-order chi connectivity index (χ1) is 8.78. The molecule has 5 heteroatoms. The van der Waals surface area contributed by atoms with Gasteiger partial charge in [-0.1, -0.05) is 0 Å². The number of aliphatic hydroxyl groups is 1. The van der Waals surface area contributed by atoms with Gasteiger partial charge in [0.1, 0.15) is 0 Å². The lowest BCUT2D eigenvalue weighted by Gasteiger charge is -2.28. The van der Waals surface area contributed by atoms with Crippen LogP contribution in [0.25, 0.3) is 0 Å². The maximum atomic E-state index is 11.7. The molecule has 0 bridgehead atoms. The summed E-state index contributed by atoms with van der Waals surface area (Å²) in [4.78, 5) is 11.7. The van der Waals surface area contributed by atoms with Crippen LogP contribution in [0.2, 0.25) is 0 Å². The van der Waals surface area contributed by atoms with E-state index in [4.69, 9.17) is 5.11 Å². The van der Waals surface area contributed by atoms with Crippen molar-refractivity contribution in [1.29, 1.82) is 0 Å². The van der Waals surface area contributed by atoms with Gasteiger partial charge in [0.15, 0.2) is 0 Å². The van der Waals surface area contributed by atoms with E-state index in [0.29, 0.717) is 17.2 Å². The minimum absolute atomic E-state index is 0.0186. The van der Waals surface area contributed by atoms with Gasteiger partial charge in [-0.05, 0) is 50.2 Å². The summed E-state index contributed by atoms with van der Waals surface area (Å²) in [5.74, 6) is 1.68. The Morgan fingerprint density at radius 1 is 1.22 bits per heavy atom. The lowest BCUT2D eigenvalue weighted by Crippen LogP contribution is -2.45. The number of hydrogen-bond donors (Lipinski definition) is 3. The van der Waals surface area contributed by atoms with Gasteiger partial charge in [0, 0.05) is 24.4 Å². The van der Waals surface area contributed by atoms with E-state index in [0.717, 1.165) is 32.2 Å². The van der Waals surface area contributed by atoms with Crippen LogP contribution in [0.15, 0.2) is 0 Å². The highest BCUT2D eigenvalue weighted by atomic mass is 32.2.